The van der Waals surface area contributed by atoms with E-state index in [0.29, 0.717) is 6.61 Å². The van der Waals surface area contributed by atoms with Crippen LogP contribution in [0.4, 0.5) is 0 Å². The van der Waals surface area contributed by atoms with E-state index in [1.165, 1.54) is 0 Å². The average molecular weight is 234 g/mol. The molecule has 0 aliphatic heterocycles. The molecular weight excluding hydrogens is 208 g/mol. The fraction of sp³-hybridized carbons (Fsp3) is 1.00. The summed E-state index contributed by atoms with van der Waals surface area (Å²) in [7, 11) is 0.786. The van der Waals surface area contributed by atoms with Gasteiger partial charge in [-0.05, 0) is 5.41 Å². The molecule has 4 heteroatoms. The largest absolute Gasteiger partial charge is 0.506 e. The quantitative estimate of drug-likeness (QED) is 0.700. The van der Waals surface area contributed by atoms with Gasteiger partial charge in [0.05, 0.1) is 0 Å². The van der Waals surface area contributed by atoms with E-state index >= 15 is 0 Å². The highest BCUT2D eigenvalue weighted by Gasteiger charge is 2.52. The Bertz CT molecular complexity index is 187. The Morgan fingerprint density at radius 3 is 1.47 bits per heavy atom. The molecule has 0 spiro atoms. The van der Waals surface area contributed by atoms with Gasteiger partial charge < -0.3 is 13.3 Å². The topological polar surface area (TPSA) is 27.7 Å². The third kappa shape index (κ3) is 4.22. The van der Waals surface area contributed by atoms with Crippen LogP contribution in [0.25, 0.3) is 0 Å². The summed E-state index contributed by atoms with van der Waals surface area (Å²) >= 11 is 0. The normalized spacial score (nSPS) is 14.4. The monoisotopic (exact) mass is 234 g/mol. The average Bonchev–Trinajstić information content (AvgIpc) is 2.02. The Kier molecular flexibility index (Phi) is 4.98. The van der Waals surface area contributed by atoms with Gasteiger partial charge in [-0.15, -0.1) is 0 Å². The minimum absolute atomic E-state index is 0.0955. The minimum atomic E-state index is -2.55. The van der Waals surface area contributed by atoms with Crippen molar-refractivity contribution in [1.29, 1.82) is 0 Å². The molecule has 15 heavy (non-hydrogen) atoms. The molecule has 0 aromatic carbocycles. The van der Waals surface area contributed by atoms with Gasteiger partial charge in [-0.1, -0.05) is 41.5 Å². The van der Waals surface area contributed by atoms with E-state index in [9.17, 15) is 0 Å². The molecule has 92 valence electrons. The molecule has 0 saturated carbocycles. The molecule has 3 nitrogen and oxygen atoms in total. The third-order valence-corrected chi connectivity index (χ3v) is 5.59. The fourth-order valence-corrected chi connectivity index (χ4v) is 4.02. The third-order valence-electron chi connectivity index (χ3n) is 2.15. The second-order valence-electron chi connectivity index (χ2n) is 6.06. The van der Waals surface area contributed by atoms with Crippen LogP contribution in [0, 0.1) is 5.41 Å². The molecule has 0 amide bonds. The zero-order chi connectivity index (χ0) is 12.3. The van der Waals surface area contributed by atoms with E-state index in [1.807, 2.05) is 0 Å². The summed E-state index contributed by atoms with van der Waals surface area (Å²) in [6, 6.07) is 0. The molecule has 0 heterocycles. The Labute approximate surface area is 95.5 Å². The van der Waals surface area contributed by atoms with Gasteiger partial charge in [-0.3, -0.25) is 0 Å². The van der Waals surface area contributed by atoms with E-state index in [-0.39, 0.29) is 10.5 Å². The summed E-state index contributed by atoms with van der Waals surface area (Å²) in [4.78, 5) is 0. The van der Waals surface area contributed by atoms with Gasteiger partial charge in [0, 0.05) is 25.9 Å². The molecule has 0 aliphatic rings. The summed E-state index contributed by atoms with van der Waals surface area (Å²) < 4.78 is 17.0. The van der Waals surface area contributed by atoms with E-state index in [1.54, 1.807) is 14.2 Å². The molecule has 0 fully saturated rings. The highest BCUT2D eigenvalue weighted by molar-refractivity contribution is 6.63. The van der Waals surface area contributed by atoms with Gasteiger partial charge in [0.15, 0.2) is 0 Å². The highest BCUT2D eigenvalue weighted by atomic mass is 28.4. The summed E-state index contributed by atoms with van der Waals surface area (Å²) in [5.41, 5.74) is 0.126. The predicted octanol–water partition coefficient (Wildman–Crippen LogP) is 3.08. The van der Waals surface area contributed by atoms with Gasteiger partial charge in [0.25, 0.3) is 0 Å². The summed E-state index contributed by atoms with van der Waals surface area (Å²) in [5.74, 6) is 0. The van der Waals surface area contributed by atoms with Crippen molar-refractivity contribution < 1.29 is 13.3 Å². The molecule has 0 bridgehead atoms. The van der Waals surface area contributed by atoms with Gasteiger partial charge >= 0.3 is 8.80 Å². The molecule has 0 aromatic heterocycles. The van der Waals surface area contributed by atoms with E-state index < -0.39 is 8.80 Å². The first-order chi connectivity index (χ1) is 6.58. The van der Waals surface area contributed by atoms with Crippen molar-refractivity contribution in [2.75, 3.05) is 20.8 Å². The Hall–Kier alpha value is 0.0969. The van der Waals surface area contributed by atoms with Crippen molar-refractivity contribution in [3.8, 4) is 0 Å². The molecule has 0 saturated heterocycles. The van der Waals surface area contributed by atoms with Crippen LogP contribution in [0.15, 0.2) is 0 Å². The molecule has 0 aromatic rings. The maximum absolute atomic E-state index is 5.95. The standard InChI is InChI=1S/C11H26O3Si/c1-10(2,3)9-14-15(12-7,13-8)11(4,5)6/h9H2,1-8H3. The lowest BCUT2D eigenvalue weighted by molar-refractivity contribution is 0.0480. The molecule has 0 unspecified atom stereocenters. The maximum Gasteiger partial charge on any atom is 0.506 e. The molecular formula is C11H26O3Si. The first-order valence-corrected chi connectivity index (χ1v) is 7.05. The van der Waals surface area contributed by atoms with Crippen LogP contribution in [0.1, 0.15) is 41.5 Å². The van der Waals surface area contributed by atoms with Crippen molar-refractivity contribution >= 4 is 8.80 Å². The van der Waals surface area contributed by atoms with Crippen LogP contribution in [0.2, 0.25) is 5.04 Å². The number of rotatable bonds is 4. The van der Waals surface area contributed by atoms with Crippen molar-refractivity contribution in [3.05, 3.63) is 0 Å². The highest BCUT2D eigenvalue weighted by Crippen LogP contribution is 2.38. The van der Waals surface area contributed by atoms with Crippen molar-refractivity contribution in [1.82, 2.24) is 0 Å². The lowest BCUT2D eigenvalue weighted by Gasteiger charge is -2.38. The summed E-state index contributed by atoms with van der Waals surface area (Å²) in [6.45, 7) is 13.3. The molecule has 0 atom stereocenters. The fourth-order valence-electron chi connectivity index (χ4n) is 1.34. The zero-order valence-electron chi connectivity index (χ0n) is 11.4. The van der Waals surface area contributed by atoms with Gasteiger partial charge in [0.1, 0.15) is 0 Å². The smallest absolute Gasteiger partial charge is 0.377 e. The second-order valence-corrected chi connectivity index (χ2v) is 9.78. The molecule has 0 aliphatic carbocycles. The lowest BCUT2D eigenvalue weighted by atomic mass is 9.99. The molecule has 0 N–H and O–H groups in total. The van der Waals surface area contributed by atoms with Crippen LogP contribution < -0.4 is 0 Å². The zero-order valence-corrected chi connectivity index (χ0v) is 12.4. The Morgan fingerprint density at radius 1 is 0.867 bits per heavy atom. The Morgan fingerprint density at radius 2 is 1.27 bits per heavy atom. The lowest BCUT2D eigenvalue weighted by Crippen LogP contribution is -2.53. The van der Waals surface area contributed by atoms with Crippen LogP contribution in [-0.4, -0.2) is 29.6 Å². The minimum Gasteiger partial charge on any atom is -0.377 e. The molecule has 0 radical (unpaired) electrons. The van der Waals surface area contributed by atoms with Crippen molar-refractivity contribution in [2.45, 2.75) is 46.6 Å². The van der Waals surface area contributed by atoms with E-state index in [0.717, 1.165) is 0 Å². The van der Waals surface area contributed by atoms with Gasteiger partial charge in [-0.25, -0.2) is 0 Å². The van der Waals surface area contributed by atoms with E-state index in [2.05, 4.69) is 41.5 Å². The van der Waals surface area contributed by atoms with Crippen LogP contribution in [-0.2, 0) is 13.3 Å². The van der Waals surface area contributed by atoms with Crippen molar-refractivity contribution in [2.24, 2.45) is 5.41 Å². The number of hydrogen-bond donors (Lipinski definition) is 0. The number of hydrogen-bond acceptors (Lipinski definition) is 3. The SMILES string of the molecule is CO[Si](OC)(OCC(C)(C)C)C(C)(C)C. The maximum atomic E-state index is 5.95. The van der Waals surface area contributed by atoms with Crippen LogP contribution in [0.5, 0.6) is 0 Å². The van der Waals surface area contributed by atoms with Gasteiger partial charge in [-0.2, -0.15) is 0 Å². The first kappa shape index (κ1) is 15.1. The van der Waals surface area contributed by atoms with E-state index in [4.69, 9.17) is 13.3 Å². The van der Waals surface area contributed by atoms with Crippen LogP contribution in [0.3, 0.4) is 0 Å². The first-order valence-electron chi connectivity index (χ1n) is 5.32. The summed E-state index contributed by atoms with van der Waals surface area (Å²) in [5, 5.41) is -0.0955. The Balaban J connectivity index is 4.67. The van der Waals surface area contributed by atoms with Gasteiger partial charge in [0.2, 0.25) is 0 Å². The second kappa shape index (κ2) is 4.95. The predicted molar refractivity (Wildman–Crippen MR) is 64.9 cm³/mol. The van der Waals surface area contributed by atoms with Crippen LogP contribution >= 0.6 is 0 Å². The summed E-state index contributed by atoms with van der Waals surface area (Å²) in [6.07, 6.45) is 0. The molecule has 0 rings (SSSR count). The van der Waals surface area contributed by atoms with Crippen molar-refractivity contribution in [3.63, 3.8) is 0 Å².